The van der Waals surface area contributed by atoms with Crippen LogP contribution in [-0.2, 0) is 0 Å². The van der Waals surface area contributed by atoms with E-state index in [1.54, 1.807) is 25.6 Å². The minimum atomic E-state index is -0.295. The van der Waals surface area contributed by atoms with Gasteiger partial charge in [-0.05, 0) is 23.6 Å². The van der Waals surface area contributed by atoms with E-state index in [1.165, 1.54) is 0 Å². The van der Waals surface area contributed by atoms with Gasteiger partial charge in [-0.15, -0.1) is 11.3 Å². The fourth-order valence-corrected chi connectivity index (χ4v) is 3.52. The molecule has 0 saturated carbocycles. The zero-order valence-corrected chi connectivity index (χ0v) is 14.9. The Morgan fingerprint density at radius 1 is 1.19 bits per heavy atom. The van der Waals surface area contributed by atoms with E-state index in [1.807, 2.05) is 12.1 Å². The van der Waals surface area contributed by atoms with Crippen molar-refractivity contribution in [1.82, 2.24) is 4.98 Å². The maximum atomic E-state index is 6.37. The van der Waals surface area contributed by atoms with E-state index in [0.717, 1.165) is 20.7 Å². The summed E-state index contributed by atoms with van der Waals surface area (Å²) in [6.45, 7) is 4.24. The molecular formula is C15H19BrN2O2S. The lowest BCUT2D eigenvalue weighted by Crippen LogP contribution is -2.13. The van der Waals surface area contributed by atoms with Crippen LogP contribution in [0.5, 0.6) is 11.5 Å². The standard InChI is InChI=1S/C15H19BrN2O2S/c1-8(2)11-7-21-15(18-11)14(17)9-5-12(19-3)13(20-4)6-10(9)16/h5-8,14H,17H2,1-4H3. The maximum Gasteiger partial charge on any atom is 0.161 e. The van der Waals surface area contributed by atoms with Crippen molar-refractivity contribution in [3.63, 3.8) is 0 Å². The van der Waals surface area contributed by atoms with Crippen LogP contribution in [0.15, 0.2) is 22.0 Å². The maximum absolute atomic E-state index is 6.37. The number of hydrogen-bond acceptors (Lipinski definition) is 5. The predicted molar refractivity (Wildman–Crippen MR) is 89.5 cm³/mol. The molecule has 0 radical (unpaired) electrons. The molecule has 0 spiro atoms. The summed E-state index contributed by atoms with van der Waals surface area (Å²) in [5.74, 6) is 1.73. The molecule has 6 heteroatoms. The first-order valence-corrected chi connectivity index (χ1v) is 8.27. The minimum Gasteiger partial charge on any atom is -0.493 e. The molecule has 2 N–H and O–H groups in total. The second-order valence-corrected chi connectivity index (χ2v) is 6.72. The molecule has 0 aliphatic rings. The Morgan fingerprint density at radius 2 is 1.81 bits per heavy atom. The summed E-state index contributed by atoms with van der Waals surface area (Å²) in [5.41, 5.74) is 8.37. The molecule has 0 saturated heterocycles. The number of aromatic nitrogens is 1. The van der Waals surface area contributed by atoms with Crippen LogP contribution in [0, 0.1) is 0 Å². The molecule has 0 aliphatic carbocycles. The molecule has 0 fully saturated rings. The quantitative estimate of drug-likeness (QED) is 0.860. The smallest absolute Gasteiger partial charge is 0.161 e. The molecule has 0 amide bonds. The number of hydrogen-bond donors (Lipinski definition) is 1. The van der Waals surface area contributed by atoms with Gasteiger partial charge in [-0.3, -0.25) is 0 Å². The fourth-order valence-electron chi connectivity index (χ4n) is 1.95. The number of ether oxygens (including phenoxy) is 2. The summed E-state index contributed by atoms with van der Waals surface area (Å²) in [5, 5.41) is 2.96. The molecule has 0 bridgehead atoms. The van der Waals surface area contributed by atoms with E-state index in [2.05, 4.69) is 40.1 Å². The van der Waals surface area contributed by atoms with Gasteiger partial charge in [-0.1, -0.05) is 29.8 Å². The highest BCUT2D eigenvalue weighted by atomic mass is 79.9. The molecule has 4 nitrogen and oxygen atoms in total. The number of rotatable bonds is 5. The van der Waals surface area contributed by atoms with E-state index in [-0.39, 0.29) is 6.04 Å². The third kappa shape index (κ3) is 3.39. The van der Waals surface area contributed by atoms with Crippen LogP contribution in [0.25, 0.3) is 0 Å². The predicted octanol–water partition coefficient (Wildman–Crippen LogP) is 4.09. The third-order valence-corrected chi connectivity index (χ3v) is 4.87. The average molecular weight is 371 g/mol. The van der Waals surface area contributed by atoms with Crippen LogP contribution in [0.3, 0.4) is 0 Å². The largest absolute Gasteiger partial charge is 0.493 e. The normalized spacial score (nSPS) is 12.5. The highest BCUT2D eigenvalue weighted by molar-refractivity contribution is 9.10. The highest BCUT2D eigenvalue weighted by Crippen LogP contribution is 2.37. The minimum absolute atomic E-state index is 0.295. The van der Waals surface area contributed by atoms with Crippen molar-refractivity contribution in [3.8, 4) is 11.5 Å². The van der Waals surface area contributed by atoms with E-state index in [9.17, 15) is 0 Å². The van der Waals surface area contributed by atoms with Crippen LogP contribution in [0.1, 0.15) is 42.1 Å². The van der Waals surface area contributed by atoms with Gasteiger partial charge in [0.2, 0.25) is 0 Å². The van der Waals surface area contributed by atoms with Crippen LogP contribution < -0.4 is 15.2 Å². The SMILES string of the molecule is COc1cc(Br)c(C(N)c2nc(C(C)C)cs2)cc1OC. The summed E-state index contributed by atoms with van der Waals surface area (Å²) in [6.07, 6.45) is 0. The fraction of sp³-hybridized carbons (Fsp3) is 0.400. The van der Waals surface area contributed by atoms with Crippen molar-refractivity contribution in [2.24, 2.45) is 5.73 Å². The van der Waals surface area contributed by atoms with Crippen molar-refractivity contribution in [2.45, 2.75) is 25.8 Å². The molecule has 1 aromatic carbocycles. The number of halogens is 1. The Bertz CT molecular complexity index is 628. The molecule has 2 rings (SSSR count). The Hall–Kier alpha value is -1.11. The van der Waals surface area contributed by atoms with Crippen molar-refractivity contribution in [3.05, 3.63) is 38.3 Å². The van der Waals surface area contributed by atoms with Crippen molar-refractivity contribution < 1.29 is 9.47 Å². The molecule has 0 aliphatic heterocycles. The van der Waals surface area contributed by atoms with E-state index < -0.39 is 0 Å². The van der Waals surface area contributed by atoms with Gasteiger partial charge >= 0.3 is 0 Å². The third-order valence-electron chi connectivity index (χ3n) is 3.24. The first kappa shape index (κ1) is 16.3. The van der Waals surface area contributed by atoms with E-state index >= 15 is 0 Å². The Morgan fingerprint density at radius 3 is 2.33 bits per heavy atom. The van der Waals surface area contributed by atoms with Crippen molar-refractivity contribution >= 4 is 27.3 Å². The first-order valence-electron chi connectivity index (χ1n) is 6.60. The molecule has 114 valence electrons. The highest BCUT2D eigenvalue weighted by Gasteiger charge is 2.19. The average Bonchev–Trinajstić information content (AvgIpc) is 2.96. The summed E-state index contributed by atoms with van der Waals surface area (Å²) in [4.78, 5) is 4.63. The molecule has 21 heavy (non-hydrogen) atoms. The van der Waals surface area contributed by atoms with Gasteiger partial charge in [0, 0.05) is 9.85 Å². The Kier molecular flexibility index (Phi) is 5.24. The molecule has 1 aromatic heterocycles. The second-order valence-electron chi connectivity index (χ2n) is 4.97. The monoisotopic (exact) mass is 370 g/mol. The number of benzene rings is 1. The van der Waals surface area contributed by atoms with E-state index in [0.29, 0.717) is 17.4 Å². The first-order chi connectivity index (χ1) is 9.97. The summed E-state index contributed by atoms with van der Waals surface area (Å²) in [7, 11) is 3.22. The number of nitrogens with two attached hydrogens (primary N) is 1. The lowest BCUT2D eigenvalue weighted by molar-refractivity contribution is 0.354. The summed E-state index contributed by atoms with van der Waals surface area (Å²) in [6, 6.07) is 3.46. The second kappa shape index (κ2) is 6.77. The molecular weight excluding hydrogens is 352 g/mol. The number of methoxy groups -OCH3 is 2. The van der Waals surface area contributed by atoms with Crippen molar-refractivity contribution in [1.29, 1.82) is 0 Å². The molecule has 1 unspecified atom stereocenters. The van der Waals surface area contributed by atoms with Crippen LogP contribution in [0.4, 0.5) is 0 Å². The molecule has 1 atom stereocenters. The van der Waals surface area contributed by atoms with Gasteiger partial charge in [0.05, 0.1) is 26.0 Å². The van der Waals surface area contributed by atoms with Gasteiger partial charge in [0.1, 0.15) is 5.01 Å². The Labute approximate surface area is 137 Å². The van der Waals surface area contributed by atoms with Gasteiger partial charge in [-0.25, -0.2) is 4.98 Å². The van der Waals surface area contributed by atoms with Gasteiger partial charge in [0.15, 0.2) is 11.5 Å². The van der Waals surface area contributed by atoms with Crippen LogP contribution in [-0.4, -0.2) is 19.2 Å². The topological polar surface area (TPSA) is 57.4 Å². The zero-order chi connectivity index (χ0) is 15.6. The van der Waals surface area contributed by atoms with Crippen LogP contribution in [0.2, 0.25) is 0 Å². The Balaban J connectivity index is 2.39. The number of nitrogens with zero attached hydrogens (tertiary/aromatic N) is 1. The van der Waals surface area contributed by atoms with Gasteiger partial charge < -0.3 is 15.2 Å². The summed E-state index contributed by atoms with van der Waals surface area (Å²) < 4.78 is 11.5. The lowest BCUT2D eigenvalue weighted by Gasteiger charge is -2.15. The van der Waals surface area contributed by atoms with E-state index in [4.69, 9.17) is 15.2 Å². The molecule has 2 aromatic rings. The zero-order valence-electron chi connectivity index (χ0n) is 12.5. The number of thiazole rings is 1. The molecule has 1 heterocycles. The van der Waals surface area contributed by atoms with Gasteiger partial charge in [-0.2, -0.15) is 0 Å². The summed E-state index contributed by atoms with van der Waals surface area (Å²) >= 11 is 5.13. The van der Waals surface area contributed by atoms with Crippen molar-refractivity contribution in [2.75, 3.05) is 14.2 Å². The lowest BCUT2D eigenvalue weighted by atomic mass is 10.1. The van der Waals surface area contributed by atoms with Crippen LogP contribution >= 0.6 is 27.3 Å². The van der Waals surface area contributed by atoms with Gasteiger partial charge in [0.25, 0.3) is 0 Å².